The number of nitrogens with zero attached hydrogens (tertiary/aromatic N) is 2. The molecule has 0 N–H and O–H groups in total. The van der Waals surface area contributed by atoms with Crippen molar-refractivity contribution in [2.45, 2.75) is 0 Å². The zero-order valence-corrected chi connectivity index (χ0v) is 16.2. The fourth-order valence-electron chi connectivity index (χ4n) is 3.59. The van der Waals surface area contributed by atoms with E-state index in [0.29, 0.717) is 0 Å². The van der Waals surface area contributed by atoms with Gasteiger partial charge in [-0.2, -0.15) is 0 Å². The maximum atomic E-state index is 6.05. The van der Waals surface area contributed by atoms with Crippen LogP contribution < -0.4 is 0 Å². The van der Waals surface area contributed by atoms with Crippen LogP contribution in [0.4, 0.5) is 0 Å². The van der Waals surface area contributed by atoms with Gasteiger partial charge in [0, 0.05) is 33.2 Å². The Balaban J connectivity index is 1.77. The number of pyridine rings is 2. The molecule has 0 unspecified atom stereocenters. The standard InChI is InChI=1S/C24H14Cl2N2/c25-17-5-1-15(2-6-17)19-11-13-27-23-21(19)9-10-22-20(12-14-28-24(22)23)16-3-7-18(26)8-4-16/h1-14H. The molecular formula is C24H14Cl2N2. The number of fused-ring (bicyclic) bond motifs is 3. The highest BCUT2D eigenvalue weighted by Gasteiger charge is 2.12. The third-order valence-electron chi connectivity index (χ3n) is 4.93. The molecule has 0 aliphatic rings. The lowest BCUT2D eigenvalue weighted by Gasteiger charge is -2.11. The Morgan fingerprint density at radius 3 is 1.25 bits per heavy atom. The second kappa shape index (κ2) is 6.90. The molecule has 4 heteroatoms. The molecule has 134 valence electrons. The van der Waals surface area contributed by atoms with E-state index < -0.39 is 0 Å². The van der Waals surface area contributed by atoms with Gasteiger partial charge in [0.05, 0.1) is 11.0 Å². The molecule has 2 aromatic heterocycles. The first kappa shape index (κ1) is 17.2. The molecule has 0 atom stereocenters. The molecule has 0 bridgehead atoms. The molecule has 0 radical (unpaired) electrons. The number of hydrogen-bond donors (Lipinski definition) is 0. The molecule has 0 saturated carbocycles. The second-order valence-corrected chi connectivity index (χ2v) is 7.46. The first-order valence-electron chi connectivity index (χ1n) is 8.89. The van der Waals surface area contributed by atoms with Crippen LogP contribution in [0, 0.1) is 0 Å². The molecule has 3 aromatic carbocycles. The van der Waals surface area contributed by atoms with Gasteiger partial charge in [-0.15, -0.1) is 0 Å². The Hall–Kier alpha value is -2.94. The van der Waals surface area contributed by atoms with Crippen molar-refractivity contribution in [1.29, 1.82) is 0 Å². The summed E-state index contributed by atoms with van der Waals surface area (Å²) in [5.74, 6) is 0. The Bertz CT molecular complexity index is 1210. The minimum absolute atomic E-state index is 0.724. The number of rotatable bonds is 2. The average molecular weight is 401 g/mol. The maximum Gasteiger partial charge on any atom is 0.0970 e. The lowest BCUT2D eigenvalue weighted by Crippen LogP contribution is -1.90. The molecule has 5 aromatic rings. The zero-order chi connectivity index (χ0) is 19.1. The molecular weight excluding hydrogens is 387 g/mol. The van der Waals surface area contributed by atoms with E-state index in [4.69, 9.17) is 23.2 Å². The minimum Gasteiger partial charge on any atom is -0.254 e. The van der Waals surface area contributed by atoms with Crippen LogP contribution in [0.25, 0.3) is 44.1 Å². The van der Waals surface area contributed by atoms with E-state index in [2.05, 4.69) is 22.1 Å². The smallest absolute Gasteiger partial charge is 0.0970 e. The third kappa shape index (κ3) is 2.91. The van der Waals surface area contributed by atoms with Crippen LogP contribution in [0.1, 0.15) is 0 Å². The van der Waals surface area contributed by atoms with E-state index in [-0.39, 0.29) is 0 Å². The predicted octanol–water partition coefficient (Wildman–Crippen LogP) is 7.42. The number of benzene rings is 3. The van der Waals surface area contributed by atoms with Gasteiger partial charge < -0.3 is 0 Å². The highest BCUT2D eigenvalue weighted by atomic mass is 35.5. The summed E-state index contributed by atoms with van der Waals surface area (Å²) in [6.07, 6.45) is 3.67. The summed E-state index contributed by atoms with van der Waals surface area (Å²) < 4.78 is 0. The molecule has 0 amide bonds. The number of halogens is 2. The van der Waals surface area contributed by atoms with Crippen LogP contribution in [0.5, 0.6) is 0 Å². The Morgan fingerprint density at radius 1 is 0.464 bits per heavy atom. The largest absolute Gasteiger partial charge is 0.254 e. The van der Waals surface area contributed by atoms with Crippen molar-refractivity contribution in [3.63, 3.8) is 0 Å². The summed E-state index contributed by atoms with van der Waals surface area (Å²) in [5.41, 5.74) is 6.21. The van der Waals surface area contributed by atoms with Crippen LogP contribution in [0.3, 0.4) is 0 Å². The normalized spacial score (nSPS) is 11.2. The summed E-state index contributed by atoms with van der Waals surface area (Å²) in [6, 6.07) is 24.0. The van der Waals surface area contributed by atoms with Crippen molar-refractivity contribution in [1.82, 2.24) is 9.97 Å². The van der Waals surface area contributed by atoms with E-state index >= 15 is 0 Å². The van der Waals surface area contributed by atoms with Gasteiger partial charge in [-0.25, -0.2) is 0 Å². The quantitative estimate of drug-likeness (QED) is 0.288. The first-order chi connectivity index (χ1) is 13.7. The summed E-state index contributed by atoms with van der Waals surface area (Å²) in [5, 5.41) is 3.58. The van der Waals surface area contributed by atoms with Gasteiger partial charge in [-0.1, -0.05) is 59.6 Å². The van der Waals surface area contributed by atoms with Gasteiger partial charge in [0.15, 0.2) is 0 Å². The molecule has 2 heterocycles. The molecule has 28 heavy (non-hydrogen) atoms. The molecule has 2 nitrogen and oxygen atoms in total. The summed E-state index contributed by atoms with van der Waals surface area (Å²) in [7, 11) is 0. The van der Waals surface area contributed by atoms with E-state index in [9.17, 15) is 0 Å². The van der Waals surface area contributed by atoms with Gasteiger partial charge in [0.1, 0.15) is 0 Å². The van der Waals surface area contributed by atoms with E-state index in [1.165, 1.54) is 0 Å². The van der Waals surface area contributed by atoms with Gasteiger partial charge in [0.2, 0.25) is 0 Å². The van der Waals surface area contributed by atoms with Crippen molar-refractivity contribution < 1.29 is 0 Å². The van der Waals surface area contributed by atoms with Gasteiger partial charge in [-0.05, 0) is 58.7 Å². The van der Waals surface area contributed by atoms with Crippen LogP contribution in [0.2, 0.25) is 10.0 Å². The van der Waals surface area contributed by atoms with Crippen molar-refractivity contribution in [2.75, 3.05) is 0 Å². The van der Waals surface area contributed by atoms with Crippen LogP contribution in [-0.4, -0.2) is 9.97 Å². The van der Waals surface area contributed by atoms with Crippen LogP contribution >= 0.6 is 23.2 Å². The number of hydrogen-bond acceptors (Lipinski definition) is 2. The monoisotopic (exact) mass is 400 g/mol. The van der Waals surface area contributed by atoms with Crippen LogP contribution in [0.15, 0.2) is 85.2 Å². The summed E-state index contributed by atoms with van der Waals surface area (Å²) in [6.45, 7) is 0. The highest BCUT2D eigenvalue weighted by Crippen LogP contribution is 2.35. The molecule has 0 aliphatic carbocycles. The van der Waals surface area contributed by atoms with Gasteiger partial charge in [0.25, 0.3) is 0 Å². The van der Waals surface area contributed by atoms with E-state index in [0.717, 1.165) is 54.1 Å². The van der Waals surface area contributed by atoms with Crippen LogP contribution in [-0.2, 0) is 0 Å². The average Bonchev–Trinajstić information content (AvgIpc) is 2.74. The van der Waals surface area contributed by atoms with Crippen molar-refractivity contribution in [3.05, 3.63) is 95.2 Å². The minimum atomic E-state index is 0.724. The van der Waals surface area contributed by atoms with Gasteiger partial charge >= 0.3 is 0 Å². The van der Waals surface area contributed by atoms with Gasteiger partial charge in [-0.3, -0.25) is 9.97 Å². The summed E-state index contributed by atoms with van der Waals surface area (Å²) >= 11 is 12.1. The fraction of sp³-hybridized carbons (Fsp3) is 0. The SMILES string of the molecule is Clc1ccc(-c2ccnc3c2ccc2c(-c4ccc(Cl)cc4)ccnc23)cc1. The lowest BCUT2D eigenvalue weighted by atomic mass is 9.96. The molecule has 5 rings (SSSR count). The highest BCUT2D eigenvalue weighted by molar-refractivity contribution is 6.31. The topological polar surface area (TPSA) is 25.8 Å². The Kier molecular flexibility index (Phi) is 4.23. The maximum absolute atomic E-state index is 6.05. The van der Waals surface area contributed by atoms with E-state index in [1.54, 1.807) is 0 Å². The van der Waals surface area contributed by atoms with Crippen molar-refractivity contribution >= 4 is 45.0 Å². The fourth-order valence-corrected chi connectivity index (χ4v) is 3.84. The molecule has 0 fully saturated rings. The third-order valence-corrected chi connectivity index (χ3v) is 5.44. The lowest BCUT2D eigenvalue weighted by molar-refractivity contribution is 1.37. The molecule has 0 saturated heterocycles. The zero-order valence-electron chi connectivity index (χ0n) is 14.7. The first-order valence-corrected chi connectivity index (χ1v) is 9.64. The van der Waals surface area contributed by atoms with Crippen molar-refractivity contribution in [2.24, 2.45) is 0 Å². The van der Waals surface area contributed by atoms with Crippen molar-refractivity contribution in [3.8, 4) is 22.3 Å². The van der Waals surface area contributed by atoms with E-state index in [1.807, 2.05) is 73.1 Å². The molecule has 0 aliphatic heterocycles. The number of aromatic nitrogens is 2. The molecule has 0 spiro atoms. The second-order valence-electron chi connectivity index (χ2n) is 6.59. The summed E-state index contributed by atoms with van der Waals surface area (Å²) in [4.78, 5) is 9.30. The predicted molar refractivity (Wildman–Crippen MR) is 118 cm³/mol. The Labute approximate surface area is 172 Å². The Morgan fingerprint density at radius 2 is 0.857 bits per heavy atom.